The maximum atomic E-state index is 13.0. The first-order valence-corrected chi connectivity index (χ1v) is 11.2. The Morgan fingerprint density at radius 2 is 1.97 bits per heavy atom. The zero-order valence-electron chi connectivity index (χ0n) is 17.8. The van der Waals surface area contributed by atoms with E-state index in [-0.39, 0.29) is 29.5 Å². The molecule has 9 nitrogen and oxygen atoms in total. The zero-order valence-corrected chi connectivity index (χ0v) is 17.8. The van der Waals surface area contributed by atoms with E-state index in [1.54, 1.807) is 23.1 Å². The first-order valence-electron chi connectivity index (χ1n) is 11.2. The van der Waals surface area contributed by atoms with Crippen LogP contribution in [0.1, 0.15) is 60.2 Å². The van der Waals surface area contributed by atoms with Crippen LogP contribution in [0.2, 0.25) is 0 Å². The number of rotatable bonds is 4. The number of benzene rings is 1. The highest BCUT2D eigenvalue weighted by Gasteiger charge is 2.34. The third kappa shape index (κ3) is 3.68. The molecule has 0 bridgehead atoms. The number of likely N-dealkylation sites (tertiary alicyclic amines) is 1. The van der Waals surface area contributed by atoms with Crippen molar-refractivity contribution < 1.29 is 9.59 Å². The number of carbonyl (C=O) groups excluding carboxylic acids is 2. The van der Waals surface area contributed by atoms with Crippen molar-refractivity contribution in [3.8, 4) is 0 Å². The van der Waals surface area contributed by atoms with Gasteiger partial charge in [-0.3, -0.25) is 14.4 Å². The Morgan fingerprint density at radius 1 is 1.09 bits per heavy atom. The number of nitrogens with zero attached hydrogens (tertiary/aromatic N) is 4. The topological polar surface area (TPSA) is 113 Å². The number of pyridine rings is 1. The van der Waals surface area contributed by atoms with Gasteiger partial charge in [-0.2, -0.15) is 0 Å². The second kappa shape index (κ2) is 8.57. The number of carbonyl (C=O) groups is 2. The second-order valence-electron chi connectivity index (χ2n) is 8.44. The van der Waals surface area contributed by atoms with Crippen molar-refractivity contribution in [1.29, 1.82) is 0 Å². The number of para-hydroxylation sites is 1. The molecule has 2 aromatic heterocycles. The highest BCUT2D eigenvalue weighted by Crippen LogP contribution is 2.32. The summed E-state index contributed by atoms with van der Waals surface area (Å²) in [5.41, 5.74) is 0.309. The van der Waals surface area contributed by atoms with Gasteiger partial charge >= 0.3 is 0 Å². The van der Waals surface area contributed by atoms with Gasteiger partial charge in [0.25, 0.3) is 5.91 Å². The molecule has 0 spiro atoms. The number of amides is 2. The Morgan fingerprint density at radius 3 is 2.88 bits per heavy atom. The van der Waals surface area contributed by atoms with E-state index < -0.39 is 5.91 Å². The summed E-state index contributed by atoms with van der Waals surface area (Å²) < 4.78 is 2.18. The summed E-state index contributed by atoms with van der Waals surface area (Å²) in [5.74, 6) is 1.12. The molecular weight excluding hydrogens is 408 g/mol. The van der Waals surface area contributed by atoms with Crippen molar-refractivity contribution in [2.75, 3.05) is 13.1 Å². The van der Waals surface area contributed by atoms with Crippen LogP contribution in [0.25, 0.3) is 10.9 Å². The lowest BCUT2D eigenvalue weighted by atomic mass is 10.1. The van der Waals surface area contributed by atoms with Gasteiger partial charge in [-0.25, -0.2) is 0 Å². The molecule has 9 heteroatoms. The van der Waals surface area contributed by atoms with Gasteiger partial charge in [0.05, 0.1) is 12.6 Å². The van der Waals surface area contributed by atoms with Crippen LogP contribution < -0.4 is 10.7 Å². The van der Waals surface area contributed by atoms with Crippen molar-refractivity contribution in [3.63, 3.8) is 0 Å². The van der Waals surface area contributed by atoms with Crippen LogP contribution in [0.4, 0.5) is 0 Å². The van der Waals surface area contributed by atoms with Gasteiger partial charge in [-0.05, 0) is 37.8 Å². The molecule has 2 N–H and O–H groups in total. The lowest BCUT2D eigenvalue weighted by Crippen LogP contribution is -2.41. The summed E-state index contributed by atoms with van der Waals surface area (Å²) in [5, 5.41) is 11.9. The van der Waals surface area contributed by atoms with Crippen LogP contribution >= 0.6 is 0 Å². The summed E-state index contributed by atoms with van der Waals surface area (Å²) >= 11 is 0. The summed E-state index contributed by atoms with van der Waals surface area (Å²) in [6.07, 6.45) is 7.42. The van der Waals surface area contributed by atoms with E-state index in [9.17, 15) is 14.4 Å². The fraction of sp³-hybridized carbons (Fsp3) is 0.435. The van der Waals surface area contributed by atoms with Crippen LogP contribution in [0.15, 0.2) is 35.3 Å². The fourth-order valence-electron chi connectivity index (χ4n) is 4.78. The van der Waals surface area contributed by atoms with Crippen molar-refractivity contribution in [2.45, 2.75) is 51.1 Å². The van der Waals surface area contributed by atoms with Crippen molar-refractivity contribution in [1.82, 2.24) is 30.0 Å². The van der Waals surface area contributed by atoms with E-state index in [0.717, 1.165) is 50.3 Å². The molecular formula is C23H26N6O3. The molecule has 32 heavy (non-hydrogen) atoms. The molecule has 1 saturated heterocycles. The largest absolute Gasteiger partial charge is 0.360 e. The molecule has 0 unspecified atom stereocenters. The first-order chi connectivity index (χ1) is 15.6. The third-order valence-electron chi connectivity index (χ3n) is 6.44. The molecule has 0 saturated carbocycles. The quantitative estimate of drug-likeness (QED) is 0.652. The standard InChI is InChI=1S/C23H26N6O3/c30-20(14-25-23(32)16-13-24-17-8-4-3-7-15(17)21(16)31)28-12-6-9-18(28)22-27-26-19-10-2-1-5-11-29(19)22/h3-4,7-8,13,18H,1-2,5-6,9-12,14H2,(H,24,31)(H,25,32)/t18-/m0/s1. The minimum absolute atomic E-state index is 0.00255. The maximum Gasteiger partial charge on any atom is 0.257 e. The number of hydrogen-bond acceptors (Lipinski definition) is 5. The molecule has 1 fully saturated rings. The molecule has 0 radical (unpaired) electrons. The van der Waals surface area contributed by atoms with Crippen LogP contribution in [-0.4, -0.2) is 49.6 Å². The van der Waals surface area contributed by atoms with E-state index in [1.165, 1.54) is 12.6 Å². The SMILES string of the molecule is O=C(NCC(=O)N1CCC[C@H]1c1nnc2n1CCCCC2)c1c[nH]c2ccccc2c1=O. The van der Waals surface area contributed by atoms with Crippen molar-refractivity contribution in [2.24, 2.45) is 0 Å². The maximum absolute atomic E-state index is 13.0. The number of aromatic amines is 1. The van der Waals surface area contributed by atoms with E-state index >= 15 is 0 Å². The van der Waals surface area contributed by atoms with Gasteiger partial charge < -0.3 is 19.8 Å². The normalized spacial score (nSPS) is 18.4. The molecule has 4 heterocycles. The number of aromatic nitrogens is 4. The first kappa shape index (κ1) is 20.4. The van der Waals surface area contributed by atoms with Gasteiger partial charge in [0.15, 0.2) is 5.82 Å². The van der Waals surface area contributed by atoms with E-state index in [2.05, 4.69) is 25.1 Å². The summed E-state index contributed by atoms with van der Waals surface area (Å²) in [7, 11) is 0. The number of aryl methyl sites for hydroxylation is 1. The summed E-state index contributed by atoms with van der Waals surface area (Å²) in [6.45, 7) is 1.35. The molecule has 0 aliphatic carbocycles. The third-order valence-corrected chi connectivity index (χ3v) is 6.44. The molecule has 2 amide bonds. The van der Waals surface area contributed by atoms with Crippen LogP contribution in [-0.2, 0) is 17.8 Å². The Labute approximate surface area is 184 Å². The van der Waals surface area contributed by atoms with E-state index in [0.29, 0.717) is 17.4 Å². The van der Waals surface area contributed by atoms with Gasteiger partial charge in [0, 0.05) is 36.6 Å². The molecule has 2 aliphatic heterocycles. The lowest BCUT2D eigenvalue weighted by Gasteiger charge is -2.25. The molecule has 5 rings (SSSR count). The Balaban J connectivity index is 1.29. The Kier molecular flexibility index (Phi) is 5.46. The minimum Gasteiger partial charge on any atom is -0.360 e. The molecule has 166 valence electrons. The summed E-state index contributed by atoms with van der Waals surface area (Å²) in [6, 6.07) is 6.90. The van der Waals surface area contributed by atoms with Crippen LogP contribution in [0.3, 0.4) is 0 Å². The predicted molar refractivity (Wildman–Crippen MR) is 118 cm³/mol. The number of hydrogen-bond donors (Lipinski definition) is 2. The minimum atomic E-state index is -0.558. The van der Waals surface area contributed by atoms with Gasteiger partial charge in [-0.1, -0.05) is 18.6 Å². The predicted octanol–water partition coefficient (Wildman–Crippen LogP) is 1.94. The molecule has 1 atom stereocenters. The highest BCUT2D eigenvalue weighted by atomic mass is 16.2. The molecule has 3 aromatic rings. The van der Waals surface area contributed by atoms with E-state index in [4.69, 9.17) is 0 Å². The number of H-pyrrole nitrogens is 1. The van der Waals surface area contributed by atoms with Crippen molar-refractivity contribution >= 4 is 22.7 Å². The van der Waals surface area contributed by atoms with Crippen LogP contribution in [0.5, 0.6) is 0 Å². The summed E-state index contributed by atoms with van der Waals surface area (Å²) in [4.78, 5) is 43.0. The van der Waals surface area contributed by atoms with Gasteiger partial charge in [-0.15, -0.1) is 10.2 Å². The van der Waals surface area contributed by atoms with E-state index in [1.807, 2.05) is 6.07 Å². The zero-order chi connectivity index (χ0) is 22.1. The Hall–Kier alpha value is -3.49. The molecule has 1 aromatic carbocycles. The van der Waals surface area contributed by atoms with Crippen molar-refractivity contribution in [3.05, 3.63) is 57.9 Å². The monoisotopic (exact) mass is 434 g/mol. The highest BCUT2D eigenvalue weighted by molar-refractivity contribution is 5.98. The average Bonchev–Trinajstić information content (AvgIpc) is 3.38. The van der Waals surface area contributed by atoms with Gasteiger partial charge in [0.2, 0.25) is 11.3 Å². The lowest BCUT2D eigenvalue weighted by molar-refractivity contribution is -0.131. The Bertz CT molecular complexity index is 1230. The smallest absolute Gasteiger partial charge is 0.257 e. The second-order valence-corrected chi connectivity index (χ2v) is 8.44. The molecule has 2 aliphatic rings. The number of fused-ring (bicyclic) bond motifs is 2. The number of nitrogens with one attached hydrogen (secondary N) is 2. The fourth-order valence-corrected chi connectivity index (χ4v) is 4.78. The van der Waals surface area contributed by atoms with Gasteiger partial charge in [0.1, 0.15) is 11.4 Å². The average molecular weight is 435 g/mol. The van der Waals surface area contributed by atoms with Crippen LogP contribution in [0, 0.1) is 0 Å².